The van der Waals surface area contributed by atoms with Gasteiger partial charge in [-0.25, -0.2) is 0 Å². The molecule has 1 aliphatic carbocycles. The molecule has 7 heteroatoms. The molecule has 0 heterocycles. The maximum atomic E-state index is 13.2. The molecule has 32 heavy (non-hydrogen) atoms. The first-order valence-corrected chi connectivity index (χ1v) is 10.3. The maximum absolute atomic E-state index is 13.2. The van der Waals surface area contributed by atoms with E-state index in [-0.39, 0.29) is 12.4 Å². The molecule has 3 rings (SSSR count). The number of hydrogen-bond donors (Lipinski definition) is 0. The number of esters is 1. The lowest BCUT2D eigenvalue weighted by Crippen LogP contribution is -2.34. The van der Waals surface area contributed by atoms with Crippen molar-refractivity contribution in [3.63, 3.8) is 0 Å². The van der Waals surface area contributed by atoms with Crippen LogP contribution in [0.15, 0.2) is 42.5 Å². The number of hydrogen-bond acceptors (Lipinski definition) is 7. The molecule has 0 spiro atoms. The van der Waals surface area contributed by atoms with Crippen LogP contribution in [0, 0.1) is 5.92 Å². The van der Waals surface area contributed by atoms with Crippen molar-refractivity contribution in [2.45, 2.75) is 19.3 Å². The molecule has 0 aliphatic heterocycles. The van der Waals surface area contributed by atoms with E-state index in [1.54, 1.807) is 53.6 Å². The number of ether oxygens (including phenoxy) is 5. The van der Waals surface area contributed by atoms with Crippen molar-refractivity contribution in [3.8, 4) is 23.0 Å². The molecule has 0 saturated heterocycles. The summed E-state index contributed by atoms with van der Waals surface area (Å²) in [4.78, 5) is 25.9. The molecule has 0 bridgehead atoms. The summed E-state index contributed by atoms with van der Waals surface area (Å²) < 4.78 is 26.8. The molecule has 0 fully saturated rings. The Morgan fingerprint density at radius 2 is 1.56 bits per heavy atom. The molecular weight excluding hydrogens is 412 g/mol. The zero-order chi connectivity index (χ0) is 23.3. The van der Waals surface area contributed by atoms with Crippen molar-refractivity contribution in [1.82, 2.24) is 0 Å². The Bertz CT molecular complexity index is 1000. The van der Waals surface area contributed by atoms with Crippen LogP contribution in [0.4, 0.5) is 0 Å². The molecule has 0 N–H and O–H groups in total. The fourth-order valence-electron chi connectivity index (χ4n) is 3.97. The van der Waals surface area contributed by atoms with Crippen molar-refractivity contribution in [2.75, 3.05) is 35.0 Å². The molecule has 0 aromatic heterocycles. The summed E-state index contributed by atoms with van der Waals surface area (Å²) in [5.41, 5.74) is 2.37. The fourth-order valence-corrected chi connectivity index (χ4v) is 3.97. The minimum absolute atomic E-state index is 0.199. The van der Waals surface area contributed by atoms with Gasteiger partial charge in [0.15, 0.2) is 17.3 Å². The van der Waals surface area contributed by atoms with E-state index in [0.29, 0.717) is 29.4 Å². The second kappa shape index (κ2) is 10.2. The van der Waals surface area contributed by atoms with Crippen LogP contribution in [-0.2, 0) is 14.3 Å². The molecule has 0 unspecified atom stereocenters. The number of benzene rings is 2. The van der Waals surface area contributed by atoms with Gasteiger partial charge < -0.3 is 23.7 Å². The number of carbonyl (C=O) groups excluding carboxylic acids is 2. The van der Waals surface area contributed by atoms with Gasteiger partial charge in [0.1, 0.15) is 17.4 Å². The first-order valence-electron chi connectivity index (χ1n) is 10.3. The molecule has 2 aromatic rings. The Labute approximate surface area is 187 Å². The SMILES string of the molecule is CCOC(=O)[C@H]1C(=O)C=C(c2cc(OC)cc(OC)c2)C[C@@H]1c1ccc(OC)c(OC)c1. The predicted molar refractivity (Wildman–Crippen MR) is 120 cm³/mol. The van der Waals surface area contributed by atoms with E-state index < -0.39 is 17.8 Å². The molecule has 2 aromatic carbocycles. The first kappa shape index (κ1) is 23.2. The fraction of sp³-hybridized carbons (Fsp3) is 0.360. The third kappa shape index (κ3) is 4.72. The van der Waals surface area contributed by atoms with Gasteiger partial charge in [0, 0.05) is 12.0 Å². The lowest BCUT2D eigenvalue weighted by Gasteiger charge is -2.30. The molecule has 0 amide bonds. The topological polar surface area (TPSA) is 80.3 Å². The summed E-state index contributed by atoms with van der Waals surface area (Å²) in [6.07, 6.45) is 1.97. The summed E-state index contributed by atoms with van der Waals surface area (Å²) in [5.74, 6) is 0.120. The highest BCUT2D eigenvalue weighted by atomic mass is 16.5. The number of carbonyl (C=O) groups is 2. The van der Waals surface area contributed by atoms with Gasteiger partial charge in [-0.2, -0.15) is 0 Å². The lowest BCUT2D eigenvalue weighted by atomic mass is 9.73. The van der Waals surface area contributed by atoms with E-state index in [2.05, 4.69) is 0 Å². The van der Waals surface area contributed by atoms with Gasteiger partial charge >= 0.3 is 5.97 Å². The van der Waals surface area contributed by atoms with Gasteiger partial charge in [-0.05, 0) is 60.4 Å². The van der Waals surface area contributed by atoms with Crippen LogP contribution in [0.2, 0.25) is 0 Å². The Balaban J connectivity index is 2.09. The van der Waals surface area contributed by atoms with Gasteiger partial charge in [0.2, 0.25) is 0 Å². The number of allylic oxidation sites excluding steroid dienone is 2. The first-order chi connectivity index (χ1) is 15.4. The zero-order valence-electron chi connectivity index (χ0n) is 19.0. The largest absolute Gasteiger partial charge is 0.497 e. The van der Waals surface area contributed by atoms with Crippen molar-refractivity contribution >= 4 is 17.3 Å². The van der Waals surface area contributed by atoms with E-state index in [0.717, 1.165) is 16.7 Å². The van der Waals surface area contributed by atoms with E-state index in [1.165, 1.54) is 6.08 Å². The average Bonchev–Trinajstić information content (AvgIpc) is 2.82. The van der Waals surface area contributed by atoms with Gasteiger partial charge in [0.25, 0.3) is 0 Å². The quantitative estimate of drug-likeness (QED) is 0.453. The Hall–Kier alpha value is -3.48. The van der Waals surface area contributed by atoms with Gasteiger partial charge in [-0.15, -0.1) is 0 Å². The van der Waals surface area contributed by atoms with Crippen LogP contribution >= 0.6 is 0 Å². The van der Waals surface area contributed by atoms with Gasteiger partial charge in [-0.3, -0.25) is 9.59 Å². The molecular formula is C25H28O7. The average molecular weight is 440 g/mol. The van der Waals surface area contributed by atoms with Crippen LogP contribution in [0.3, 0.4) is 0 Å². The normalized spacial score (nSPS) is 17.9. The number of methoxy groups -OCH3 is 4. The van der Waals surface area contributed by atoms with Crippen molar-refractivity contribution in [3.05, 3.63) is 53.6 Å². The van der Waals surface area contributed by atoms with Crippen LogP contribution in [0.5, 0.6) is 23.0 Å². The summed E-state index contributed by atoms with van der Waals surface area (Å²) >= 11 is 0. The van der Waals surface area contributed by atoms with Crippen LogP contribution in [-0.4, -0.2) is 46.8 Å². The van der Waals surface area contributed by atoms with Crippen LogP contribution in [0.1, 0.15) is 30.4 Å². The standard InChI is InChI=1S/C25H28O7/c1-6-32-25(27)24-20(15-7-8-22(30-4)23(13-15)31-5)11-17(12-21(24)26)16-9-18(28-2)14-19(10-16)29-3/h7-10,12-14,20,24H,6,11H2,1-5H3/t20-,24-/m1/s1. The monoisotopic (exact) mass is 440 g/mol. The Kier molecular flexibility index (Phi) is 7.41. The summed E-state index contributed by atoms with van der Waals surface area (Å²) in [5, 5.41) is 0. The van der Waals surface area contributed by atoms with Crippen LogP contribution in [0.25, 0.3) is 5.57 Å². The summed E-state index contributed by atoms with van der Waals surface area (Å²) in [7, 11) is 6.24. The summed E-state index contributed by atoms with van der Waals surface area (Å²) in [6.45, 7) is 1.92. The highest BCUT2D eigenvalue weighted by molar-refractivity contribution is 6.10. The van der Waals surface area contributed by atoms with Gasteiger partial charge in [-0.1, -0.05) is 6.07 Å². The maximum Gasteiger partial charge on any atom is 0.317 e. The molecule has 2 atom stereocenters. The van der Waals surface area contributed by atoms with E-state index in [1.807, 2.05) is 18.2 Å². The number of ketones is 1. The minimum atomic E-state index is -0.940. The van der Waals surface area contributed by atoms with Gasteiger partial charge in [0.05, 0.1) is 35.0 Å². The molecule has 7 nitrogen and oxygen atoms in total. The molecule has 1 aliphatic rings. The highest BCUT2D eigenvalue weighted by Gasteiger charge is 2.40. The molecule has 0 radical (unpaired) electrons. The van der Waals surface area contributed by atoms with Crippen LogP contribution < -0.4 is 18.9 Å². The molecule has 0 saturated carbocycles. The third-order valence-corrected chi connectivity index (χ3v) is 5.56. The highest BCUT2D eigenvalue weighted by Crippen LogP contribution is 2.43. The van der Waals surface area contributed by atoms with E-state index >= 15 is 0 Å². The predicted octanol–water partition coefficient (Wildman–Crippen LogP) is 4.04. The van der Waals surface area contributed by atoms with Crippen molar-refractivity contribution < 1.29 is 33.3 Å². The third-order valence-electron chi connectivity index (χ3n) is 5.56. The van der Waals surface area contributed by atoms with E-state index in [4.69, 9.17) is 23.7 Å². The zero-order valence-corrected chi connectivity index (χ0v) is 19.0. The van der Waals surface area contributed by atoms with Crippen molar-refractivity contribution in [1.29, 1.82) is 0 Å². The Morgan fingerprint density at radius 1 is 0.906 bits per heavy atom. The van der Waals surface area contributed by atoms with Crippen molar-refractivity contribution in [2.24, 2.45) is 5.92 Å². The molecule has 170 valence electrons. The smallest absolute Gasteiger partial charge is 0.317 e. The number of rotatable bonds is 8. The minimum Gasteiger partial charge on any atom is -0.497 e. The second-order valence-electron chi connectivity index (χ2n) is 7.33. The summed E-state index contributed by atoms with van der Waals surface area (Å²) in [6, 6.07) is 10.9. The lowest BCUT2D eigenvalue weighted by molar-refractivity contribution is -0.151. The Morgan fingerprint density at radius 3 is 2.12 bits per heavy atom. The van der Waals surface area contributed by atoms with E-state index in [9.17, 15) is 9.59 Å². The second-order valence-corrected chi connectivity index (χ2v) is 7.33.